The molecule has 10 heterocycles. The molecule has 10 aromatic heterocycles. The molecular weight excluding hydrogens is 2310 g/mol. The number of hydrogen-bond donors (Lipinski definition) is 0. The zero-order valence-corrected chi connectivity index (χ0v) is 71.3. The Kier molecular flexibility index (Phi) is 35.5. The third-order valence-corrected chi connectivity index (χ3v) is 13.8. The summed E-state index contributed by atoms with van der Waals surface area (Å²) in [5.74, 6) is 1.08. The van der Waals surface area contributed by atoms with Crippen LogP contribution in [-0.2, 0) is 153 Å². The summed E-state index contributed by atoms with van der Waals surface area (Å²) < 4.78 is 189. The van der Waals surface area contributed by atoms with Crippen molar-refractivity contribution in [3.8, 4) is 56.8 Å². The quantitative estimate of drug-likeness (QED) is 0.117. The number of rotatable bonds is 5. The number of pyridine rings is 5. The molecule has 106 heavy (non-hydrogen) atoms. The Hall–Kier alpha value is -6.65. The molecule has 0 saturated carbocycles. The maximum atomic E-state index is 12.8. The van der Waals surface area contributed by atoms with Crippen molar-refractivity contribution in [3.63, 3.8) is 0 Å². The van der Waals surface area contributed by atoms with Crippen LogP contribution in [0.15, 0.2) is 98.2 Å². The average Bonchev–Trinajstić information content (AvgIpc) is 0.819. The molecule has 0 amide bonds. The van der Waals surface area contributed by atoms with Gasteiger partial charge in [-0.05, 0) is 76.4 Å². The predicted molar refractivity (Wildman–Crippen MR) is 344 cm³/mol. The Balaban J connectivity index is 0.000000656. The van der Waals surface area contributed by atoms with E-state index in [0.717, 1.165) is 40.7 Å². The molecule has 0 aromatic carbocycles. The van der Waals surface area contributed by atoms with Gasteiger partial charge in [0.1, 0.15) is 0 Å². The molecule has 0 aliphatic carbocycles. The summed E-state index contributed by atoms with van der Waals surface area (Å²) in [4.78, 5) is 59.0. The topological polar surface area (TPSA) is 193 Å². The average molecular weight is 2380 g/mol. The number of aromatic nitrogens is 15. The second-order valence-corrected chi connectivity index (χ2v) is 26.5. The monoisotopic (exact) mass is 2380 g/mol. The first kappa shape index (κ1) is 97.4. The standard InChI is InChI=1S/4C15H15F3N3.C11H7F3N3.5Ir/c1-9-5-10(6-12(21-9)15(16,17)18)13-19-7-11(8-20-13)14(2,3)4;1-9-11(5-6-12(21-9)15(16,17)18)13-19-7-10(8-20-13)14(2,3)4;1-9-7-10(8-12(20-9)15(16,17)18)13-19-6-5-11(21-13)14(2,3)4;1-9-10(5-6-12(20-9)15(16,17)18)13-19-8-7-11(21-13)14(2,3)4;1-7-8(9-6-15-4-5-16-9)2-3-10(17-7)11(12,13)14;;;;;/h5,7-8H,1-4H3;6-8H,1-4H3;5-7H,1-4H3;6-8H,1-4H3;3-6H,1H3;;;;;/q5*-1;;;;;. The summed E-state index contributed by atoms with van der Waals surface area (Å²) in [6, 6.07) is 21.2. The van der Waals surface area contributed by atoms with Crippen LogP contribution in [0.3, 0.4) is 0 Å². The minimum atomic E-state index is -4.54. The number of halogens is 15. The molecule has 10 aromatic rings. The van der Waals surface area contributed by atoms with Crippen molar-refractivity contribution in [2.75, 3.05) is 0 Å². The van der Waals surface area contributed by atoms with Crippen molar-refractivity contribution in [1.82, 2.24) is 74.8 Å². The van der Waals surface area contributed by atoms with Crippen LogP contribution in [0.4, 0.5) is 65.9 Å². The SMILES string of the molecule is Cc1cc(-c2ncc(C(C)(C)C)cn2)[c-]c(C(F)(F)F)n1.Cc1cc(-c2nccc(C(C)(C)C)n2)[c-]c(C(F)(F)F)n1.Cc1nc(C(F)(F)F)c[c-]c1-c1cnccn1.Cc1nc(C(F)(F)F)c[c-]c1-c1ncc(C(C)(C)C)cn1.Cc1nc(C(F)(F)F)c[c-]c1-c1nccc(C(C)(C)C)n1.[Ir].[Ir].[Ir].[Ir].[Ir]. The molecule has 0 fully saturated rings. The zero-order chi connectivity index (χ0) is 75.8. The van der Waals surface area contributed by atoms with Crippen molar-refractivity contribution >= 4 is 0 Å². The van der Waals surface area contributed by atoms with E-state index in [4.69, 9.17) is 0 Å². The largest absolute Gasteiger partial charge is 0.421 e. The Bertz CT molecular complexity index is 4460. The zero-order valence-electron chi connectivity index (χ0n) is 59.3. The van der Waals surface area contributed by atoms with E-state index in [1.54, 1.807) is 49.3 Å². The predicted octanol–water partition coefficient (Wildman–Crippen LogP) is 18.5. The molecule has 0 atom stereocenters. The van der Waals surface area contributed by atoms with Crippen LogP contribution in [-0.4, -0.2) is 74.8 Å². The van der Waals surface area contributed by atoms with Gasteiger partial charge in [-0.2, -0.15) is 65.9 Å². The van der Waals surface area contributed by atoms with Gasteiger partial charge in [-0.1, -0.05) is 115 Å². The van der Waals surface area contributed by atoms with E-state index in [0.29, 0.717) is 34.0 Å². The van der Waals surface area contributed by atoms with Gasteiger partial charge >= 0.3 is 30.9 Å². The molecule has 0 saturated heterocycles. The summed E-state index contributed by atoms with van der Waals surface area (Å²) in [7, 11) is 0. The van der Waals surface area contributed by atoms with E-state index in [9.17, 15) is 65.9 Å². The summed E-state index contributed by atoms with van der Waals surface area (Å²) in [5, 5.41) is 0. The summed E-state index contributed by atoms with van der Waals surface area (Å²) in [5.41, 5.74) is 0.981. The molecule has 0 aliphatic rings. The van der Waals surface area contributed by atoms with Gasteiger partial charge in [0.2, 0.25) is 0 Å². The molecule has 5 radical (unpaired) electrons. The van der Waals surface area contributed by atoms with Crippen molar-refractivity contribution < 1.29 is 166 Å². The molecular formula is C71H67F15Ir5N15-5. The van der Waals surface area contributed by atoms with Crippen LogP contribution >= 0.6 is 0 Å². The van der Waals surface area contributed by atoms with Crippen molar-refractivity contribution in [2.45, 2.75) is 170 Å². The number of nitrogens with zero attached hydrogens (tertiary/aromatic N) is 15. The Morgan fingerprint density at radius 2 is 0.632 bits per heavy atom. The maximum absolute atomic E-state index is 12.8. The van der Waals surface area contributed by atoms with Crippen LogP contribution in [0, 0.1) is 65.0 Å². The first-order valence-electron chi connectivity index (χ1n) is 30.3. The van der Waals surface area contributed by atoms with Gasteiger partial charge in [0.05, 0.1) is 40.1 Å². The van der Waals surface area contributed by atoms with Crippen molar-refractivity contribution in [2.24, 2.45) is 0 Å². The van der Waals surface area contributed by atoms with E-state index >= 15 is 0 Å². The van der Waals surface area contributed by atoms with E-state index in [2.05, 4.69) is 105 Å². The second kappa shape index (κ2) is 38.6. The second-order valence-electron chi connectivity index (χ2n) is 26.5. The van der Waals surface area contributed by atoms with Crippen LogP contribution in [0.2, 0.25) is 0 Å². The van der Waals surface area contributed by atoms with Crippen LogP contribution in [0.25, 0.3) is 56.8 Å². The first-order chi connectivity index (χ1) is 46.3. The third kappa shape index (κ3) is 28.4. The van der Waals surface area contributed by atoms with Gasteiger partial charge in [0.15, 0.2) is 0 Å². The summed E-state index contributed by atoms with van der Waals surface area (Å²) in [6.45, 7) is 31.5. The molecule has 0 bridgehead atoms. The van der Waals surface area contributed by atoms with E-state index in [-0.39, 0.29) is 173 Å². The summed E-state index contributed by atoms with van der Waals surface area (Å²) in [6.07, 6.45) is -8.36. The van der Waals surface area contributed by atoms with E-state index in [1.165, 1.54) is 65.3 Å². The van der Waals surface area contributed by atoms with Crippen LogP contribution in [0.1, 0.15) is 163 Å². The fourth-order valence-electron chi connectivity index (χ4n) is 8.35. The third-order valence-electron chi connectivity index (χ3n) is 13.8. The first-order valence-corrected chi connectivity index (χ1v) is 30.3. The van der Waals surface area contributed by atoms with Gasteiger partial charge in [0.25, 0.3) is 0 Å². The Morgan fingerprint density at radius 1 is 0.302 bits per heavy atom. The van der Waals surface area contributed by atoms with E-state index < -0.39 is 59.4 Å². The Morgan fingerprint density at radius 3 is 0.953 bits per heavy atom. The van der Waals surface area contributed by atoms with Crippen LogP contribution < -0.4 is 0 Å². The van der Waals surface area contributed by atoms with Gasteiger partial charge in [-0.25, -0.2) is 0 Å². The maximum Gasteiger partial charge on any atom is 0.421 e. The minimum absolute atomic E-state index is 0. The molecule has 581 valence electrons. The molecule has 10 rings (SSSR count). The smallest absolute Gasteiger partial charge is 0.344 e. The Labute approximate surface area is 671 Å². The minimum Gasteiger partial charge on any atom is -0.344 e. The molecule has 0 spiro atoms. The van der Waals surface area contributed by atoms with Gasteiger partial charge in [-0.3, -0.25) is 39.9 Å². The normalized spacial score (nSPS) is 11.8. The molecule has 35 heteroatoms. The van der Waals surface area contributed by atoms with Crippen molar-refractivity contribution in [1.29, 1.82) is 0 Å². The molecule has 0 unspecified atom stereocenters. The fourth-order valence-corrected chi connectivity index (χ4v) is 8.35. The number of alkyl halides is 15. The summed E-state index contributed by atoms with van der Waals surface area (Å²) >= 11 is 0. The number of hydrogen-bond acceptors (Lipinski definition) is 15. The number of aryl methyl sites for hydroxylation is 5. The van der Waals surface area contributed by atoms with Gasteiger partial charge in [-0.15, -0.1) is 77.4 Å². The van der Waals surface area contributed by atoms with Crippen molar-refractivity contribution in [3.05, 3.63) is 208 Å². The van der Waals surface area contributed by atoms with E-state index in [1.807, 2.05) is 83.1 Å². The van der Waals surface area contributed by atoms with Gasteiger partial charge < -0.3 is 34.9 Å². The molecule has 0 N–H and O–H groups in total. The fraction of sp³-hybridized carbons (Fsp3) is 0.366. The van der Waals surface area contributed by atoms with Crippen LogP contribution in [0.5, 0.6) is 0 Å². The van der Waals surface area contributed by atoms with Gasteiger partial charge in [0, 0.05) is 196 Å². The molecule has 0 aliphatic heterocycles. The molecule has 15 nitrogen and oxygen atoms in total.